The average Bonchev–Trinajstić information content (AvgIpc) is 2.39. The first-order valence-corrected chi connectivity index (χ1v) is 7.67. The molecule has 0 saturated carbocycles. The van der Waals surface area contributed by atoms with Crippen LogP contribution in [0.4, 0.5) is 0 Å². The van der Waals surface area contributed by atoms with E-state index in [1.54, 1.807) is 4.90 Å². The van der Waals surface area contributed by atoms with Crippen molar-refractivity contribution in [2.24, 2.45) is 0 Å². The molecule has 0 aromatic rings. The smallest absolute Gasteiger partial charge is 0.236 e. The predicted molar refractivity (Wildman–Crippen MR) is 78.8 cm³/mol. The first kappa shape index (κ1) is 17.4. The van der Waals surface area contributed by atoms with E-state index < -0.39 is 0 Å². The van der Waals surface area contributed by atoms with Crippen LogP contribution in [0.2, 0.25) is 0 Å². The maximum atomic E-state index is 11.5. The lowest BCUT2D eigenvalue weighted by molar-refractivity contribution is -0.128. The maximum Gasteiger partial charge on any atom is 0.236 e. The molecule has 0 atom stereocenters. The van der Waals surface area contributed by atoms with Crippen molar-refractivity contribution in [3.05, 3.63) is 0 Å². The Balaban J connectivity index is 3.14. The third-order valence-electron chi connectivity index (χ3n) is 3.38. The molecule has 0 aromatic heterocycles. The molecule has 1 amide bonds. The number of hydrogen-bond donors (Lipinski definition) is 1. The van der Waals surface area contributed by atoms with Crippen LogP contribution in [0.5, 0.6) is 0 Å². The minimum atomic E-state index is 0.192. The first-order chi connectivity index (χ1) is 8.72. The van der Waals surface area contributed by atoms with E-state index in [2.05, 4.69) is 12.2 Å². The van der Waals surface area contributed by atoms with Gasteiger partial charge in [-0.3, -0.25) is 4.79 Å². The Kier molecular flexibility index (Phi) is 12.5. The summed E-state index contributed by atoms with van der Waals surface area (Å²) in [6.07, 6.45) is 10.7. The summed E-state index contributed by atoms with van der Waals surface area (Å²) in [5.74, 6) is 0.192. The quantitative estimate of drug-likeness (QED) is 0.544. The van der Waals surface area contributed by atoms with E-state index in [0.717, 1.165) is 13.1 Å². The number of amides is 1. The summed E-state index contributed by atoms with van der Waals surface area (Å²) < 4.78 is 0. The second-order valence-corrected chi connectivity index (χ2v) is 5.06. The Bertz CT molecular complexity index is 195. The number of nitrogens with zero attached hydrogens (tertiary/aromatic N) is 1. The summed E-state index contributed by atoms with van der Waals surface area (Å²) >= 11 is 0. The number of nitrogens with one attached hydrogen (secondary N) is 1. The minimum absolute atomic E-state index is 0.192. The molecule has 0 aliphatic carbocycles. The lowest BCUT2D eigenvalue weighted by Gasteiger charge is -2.14. The maximum absolute atomic E-state index is 11.5. The molecule has 1 N–H and O–H groups in total. The zero-order valence-electron chi connectivity index (χ0n) is 12.6. The van der Waals surface area contributed by atoms with Crippen molar-refractivity contribution in [3.8, 4) is 0 Å². The summed E-state index contributed by atoms with van der Waals surface area (Å²) in [7, 11) is 1.85. The van der Waals surface area contributed by atoms with E-state index in [1.165, 1.54) is 51.4 Å². The highest BCUT2D eigenvalue weighted by Gasteiger charge is 2.04. The zero-order chi connectivity index (χ0) is 13.6. The molecule has 18 heavy (non-hydrogen) atoms. The topological polar surface area (TPSA) is 32.3 Å². The van der Waals surface area contributed by atoms with E-state index in [0.29, 0.717) is 6.54 Å². The first-order valence-electron chi connectivity index (χ1n) is 7.67. The molecular formula is C15H32N2O. The number of hydrogen-bond acceptors (Lipinski definition) is 2. The molecule has 0 spiro atoms. The molecule has 108 valence electrons. The summed E-state index contributed by atoms with van der Waals surface area (Å²) in [4.78, 5) is 13.2. The fraction of sp³-hybridized carbons (Fsp3) is 0.933. The van der Waals surface area contributed by atoms with Crippen LogP contribution in [0, 0.1) is 0 Å². The lowest BCUT2D eigenvalue weighted by atomic mass is 10.1. The normalized spacial score (nSPS) is 10.6. The molecule has 3 nitrogen and oxygen atoms in total. The van der Waals surface area contributed by atoms with Gasteiger partial charge in [-0.15, -0.1) is 0 Å². The minimum Gasteiger partial charge on any atom is -0.345 e. The van der Waals surface area contributed by atoms with E-state index in [1.807, 2.05) is 14.0 Å². The molecule has 0 unspecified atom stereocenters. The van der Waals surface area contributed by atoms with Crippen molar-refractivity contribution >= 4 is 5.91 Å². The van der Waals surface area contributed by atoms with E-state index >= 15 is 0 Å². The van der Waals surface area contributed by atoms with E-state index in [9.17, 15) is 4.79 Å². The van der Waals surface area contributed by atoms with Crippen LogP contribution in [0.1, 0.15) is 65.2 Å². The second-order valence-electron chi connectivity index (χ2n) is 5.06. The third-order valence-corrected chi connectivity index (χ3v) is 3.38. The largest absolute Gasteiger partial charge is 0.345 e. The highest BCUT2D eigenvalue weighted by Crippen LogP contribution is 2.07. The van der Waals surface area contributed by atoms with Crippen molar-refractivity contribution in [1.29, 1.82) is 0 Å². The summed E-state index contributed by atoms with van der Waals surface area (Å²) in [5.41, 5.74) is 0. The number of rotatable bonds is 12. The van der Waals surface area contributed by atoms with Crippen LogP contribution in [-0.2, 0) is 4.79 Å². The summed E-state index contributed by atoms with van der Waals surface area (Å²) in [6.45, 7) is 6.50. The summed E-state index contributed by atoms with van der Waals surface area (Å²) in [6, 6.07) is 0. The Morgan fingerprint density at radius 3 is 2.06 bits per heavy atom. The highest BCUT2D eigenvalue weighted by molar-refractivity contribution is 5.77. The lowest BCUT2D eigenvalue weighted by Crippen LogP contribution is -2.35. The molecule has 0 heterocycles. The Morgan fingerprint density at radius 2 is 1.50 bits per heavy atom. The molecular weight excluding hydrogens is 224 g/mol. The van der Waals surface area contributed by atoms with Gasteiger partial charge in [0.2, 0.25) is 5.91 Å². The van der Waals surface area contributed by atoms with Gasteiger partial charge in [0, 0.05) is 13.6 Å². The number of likely N-dealkylation sites (N-methyl/N-ethyl adjacent to an activating group) is 1. The van der Waals surface area contributed by atoms with Gasteiger partial charge in [-0.2, -0.15) is 0 Å². The molecule has 0 rings (SSSR count). The van der Waals surface area contributed by atoms with Gasteiger partial charge in [0.15, 0.2) is 0 Å². The van der Waals surface area contributed by atoms with Gasteiger partial charge in [-0.25, -0.2) is 0 Å². The van der Waals surface area contributed by atoms with Gasteiger partial charge in [0.25, 0.3) is 0 Å². The van der Waals surface area contributed by atoms with E-state index in [4.69, 9.17) is 0 Å². The van der Waals surface area contributed by atoms with Gasteiger partial charge >= 0.3 is 0 Å². The van der Waals surface area contributed by atoms with Crippen LogP contribution >= 0.6 is 0 Å². The molecule has 3 heteroatoms. The molecule has 0 bridgehead atoms. The number of carbonyl (C=O) groups is 1. The molecule has 0 radical (unpaired) electrons. The van der Waals surface area contributed by atoms with Gasteiger partial charge in [0.05, 0.1) is 6.54 Å². The monoisotopic (exact) mass is 256 g/mol. The van der Waals surface area contributed by atoms with Crippen molar-refractivity contribution in [1.82, 2.24) is 10.2 Å². The zero-order valence-corrected chi connectivity index (χ0v) is 12.6. The van der Waals surface area contributed by atoms with Gasteiger partial charge in [0.1, 0.15) is 0 Å². The van der Waals surface area contributed by atoms with Crippen molar-refractivity contribution < 1.29 is 4.79 Å². The fourth-order valence-corrected chi connectivity index (χ4v) is 1.89. The molecule has 0 aliphatic rings. The van der Waals surface area contributed by atoms with Crippen molar-refractivity contribution in [2.45, 2.75) is 65.2 Å². The van der Waals surface area contributed by atoms with Crippen molar-refractivity contribution in [3.63, 3.8) is 0 Å². The predicted octanol–water partition coefficient (Wildman–Crippen LogP) is 3.20. The van der Waals surface area contributed by atoms with Crippen LogP contribution in [0.25, 0.3) is 0 Å². The molecule has 0 aromatic carbocycles. The standard InChI is InChI=1S/C15H32N2O/c1-4-6-7-8-9-10-11-12-13-16-14-15(18)17(3)5-2/h16H,4-14H2,1-3H3. The Hall–Kier alpha value is -0.570. The van der Waals surface area contributed by atoms with Crippen molar-refractivity contribution in [2.75, 3.05) is 26.7 Å². The molecule has 0 saturated heterocycles. The van der Waals surface area contributed by atoms with E-state index in [-0.39, 0.29) is 5.91 Å². The average molecular weight is 256 g/mol. The molecule has 0 fully saturated rings. The van der Waals surface area contributed by atoms with Crippen LogP contribution < -0.4 is 5.32 Å². The number of carbonyl (C=O) groups excluding carboxylic acids is 1. The Morgan fingerprint density at radius 1 is 0.944 bits per heavy atom. The fourth-order valence-electron chi connectivity index (χ4n) is 1.89. The van der Waals surface area contributed by atoms with Crippen LogP contribution in [0.15, 0.2) is 0 Å². The van der Waals surface area contributed by atoms with Crippen LogP contribution in [0.3, 0.4) is 0 Å². The Labute approximate surface area is 113 Å². The number of unbranched alkanes of at least 4 members (excludes halogenated alkanes) is 7. The van der Waals surface area contributed by atoms with Gasteiger partial charge in [-0.05, 0) is 19.9 Å². The third kappa shape index (κ3) is 10.6. The van der Waals surface area contributed by atoms with Gasteiger partial charge in [-0.1, -0.05) is 51.9 Å². The molecule has 0 aliphatic heterocycles. The summed E-state index contributed by atoms with van der Waals surface area (Å²) in [5, 5.41) is 3.22. The second kappa shape index (κ2) is 12.9. The van der Waals surface area contributed by atoms with Gasteiger partial charge < -0.3 is 10.2 Å². The van der Waals surface area contributed by atoms with Crippen LogP contribution in [-0.4, -0.2) is 37.5 Å². The SMILES string of the molecule is CCCCCCCCCCNCC(=O)N(C)CC. The highest BCUT2D eigenvalue weighted by atomic mass is 16.2.